The van der Waals surface area contributed by atoms with Gasteiger partial charge in [0.15, 0.2) is 0 Å². The van der Waals surface area contributed by atoms with Gasteiger partial charge in [-0.25, -0.2) is 0 Å². The lowest BCUT2D eigenvalue weighted by molar-refractivity contribution is -0.133. The third-order valence-corrected chi connectivity index (χ3v) is 3.41. The van der Waals surface area contributed by atoms with Gasteiger partial charge in [0.1, 0.15) is 6.04 Å². The second-order valence-corrected chi connectivity index (χ2v) is 4.81. The van der Waals surface area contributed by atoms with Gasteiger partial charge in [0, 0.05) is 25.9 Å². The molecule has 1 saturated heterocycles. The van der Waals surface area contributed by atoms with Crippen molar-refractivity contribution in [1.82, 2.24) is 10.2 Å². The summed E-state index contributed by atoms with van der Waals surface area (Å²) in [6, 6.07) is 9.25. The van der Waals surface area contributed by atoms with Crippen LogP contribution in [0.2, 0.25) is 0 Å². The topological polar surface area (TPSA) is 49.4 Å². The monoisotopic (exact) mass is 246 g/mol. The van der Waals surface area contributed by atoms with Crippen LogP contribution in [0.1, 0.15) is 18.9 Å². The quantitative estimate of drug-likeness (QED) is 0.845. The Morgan fingerprint density at radius 1 is 1.28 bits per heavy atom. The van der Waals surface area contributed by atoms with Crippen LogP contribution < -0.4 is 5.32 Å². The van der Waals surface area contributed by atoms with E-state index >= 15 is 0 Å². The van der Waals surface area contributed by atoms with Crippen LogP contribution >= 0.6 is 0 Å². The lowest BCUT2D eigenvalue weighted by atomic mass is 10.1. The zero-order chi connectivity index (χ0) is 13.1. The number of hydrogen-bond acceptors (Lipinski definition) is 2. The first-order valence-electron chi connectivity index (χ1n) is 6.18. The van der Waals surface area contributed by atoms with E-state index in [-0.39, 0.29) is 17.9 Å². The highest BCUT2D eigenvalue weighted by atomic mass is 16.2. The van der Waals surface area contributed by atoms with Crippen molar-refractivity contribution in [2.45, 2.75) is 31.8 Å². The Morgan fingerprint density at radius 2 is 1.94 bits per heavy atom. The van der Waals surface area contributed by atoms with Gasteiger partial charge in [-0.3, -0.25) is 9.59 Å². The highest BCUT2D eigenvalue weighted by molar-refractivity contribution is 5.90. The number of carbonyl (C=O) groups is 2. The molecule has 1 fully saturated rings. The number of amides is 2. The van der Waals surface area contributed by atoms with E-state index in [1.54, 1.807) is 11.9 Å². The van der Waals surface area contributed by atoms with Crippen LogP contribution in [-0.2, 0) is 16.0 Å². The second kappa shape index (κ2) is 5.21. The van der Waals surface area contributed by atoms with E-state index in [9.17, 15) is 9.59 Å². The van der Waals surface area contributed by atoms with E-state index in [4.69, 9.17) is 0 Å². The lowest BCUT2D eigenvalue weighted by Crippen LogP contribution is -2.45. The average Bonchev–Trinajstić information content (AvgIpc) is 2.44. The number of hydrogen-bond donors (Lipinski definition) is 1. The van der Waals surface area contributed by atoms with Crippen molar-refractivity contribution >= 4 is 11.8 Å². The number of nitrogens with one attached hydrogen (secondary N) is 1. The van der Waals surface area contributed by atoms with Crippen LogP contribution in [0.15, 0.2) is 30.3 Å². The van der Waals surface area contributed by atoms with Crippen LogP contribution in [0.4, 0.5) is 0 Å². The Labute approximate surface area is 107 Å². The van der Waals surface area contributed by atoms with Crippen LogP contribution in [-0.4, -0.2) is 35.8 Å². The molecule has 2 atom stereocenters. The minimum atomic E-state index is -0.449. The highest BCUT2D eigenvalue weighted by Crippen LogP contribution is 2.12. The summed E-state index contributed by atoms with van der Waals surface area (Å²) in [6.45, 7) is 1.89. The van der Waals surface area contributed by atoms with Crippen LogP contribution in [0.3, 0.4) is 0 Å². The van der Waals surface area contributed by atoms with Gasteiger partial charge < -0.3 is 10.2 Å². The molecule has 1 heterocycles. The van der Waals surface area contributed by atoms with Gasteiger partial charge in [0.25, 0.3) is 0 Å². The number of benzene rings is 1. The normalized spacial score (nSPS) is 24.7. The fraction of sp³-hybridized carbons (Fsp3) is 0.429. The molecule has 0 spiro atoms. The summed E-state index contributed by atoms with van der Waals surface area (Å²) in [5.74, 6) is -0.0710. The summed E-state index contributed by atoms with van der Waals surface area (Å²) in [4.78, 5) is 25.6. The predicted octanol–water partition coefficient (Wildman–Crippen LogP) is 0.964. The first-order chi connectivity index (χ1) is 8.58. The summed E-state index contributed by atoms with van der Waals surface area (Å²) in [5, 5.41) is 2.81. The Hall–Kier alpha value is -1.84. The third kappa shape index (κ3) is 2.70. The van der Waals surface area contributed by atoms with Gasteiger partial charge in [0.05, 0.1) is 0 Å². The van der Waals surface area contributed by atoms with Crippen molar-refractivity contribution in [2.24, 2.45) is 0 Å². The summed E-state index contributed by atoms with van der Waals surface area (Å²) >= 11 is 0. The lowest BCUT2D eigenvalue weighted by Gasteiger charge is -2.24. The number of nitrogens with zero attached hydrogens (tertiary/aromatic N) is 1. The maximum Gasteiger partial charge on any atom is 0.245 e. The fourth-order valence-corrected chi connectivity index (χ4v) is 2.17. The first-order valence-corrected chi connectivity index (χ1v) is 6.18. The first kappa shape index (κ1) is 12.6. The van der Waals surface area contributed by atoms with E-state index in [1.165, 1.54) is 0 Å². The zero-order valence-corrected chi connectivity index (χ0v) is 10.7. The van der Waals surface area contributed by atoms with E-state index in [1.807, 2.05) is 37.3 Å². The van der Waals surface area contributed by atoms with Crippen molar-refractivity contribution in [3.8, 4) is 0 Å². The molecule has 0 bridgehead atoms. The van der Waals surface area contributed by atoms with Gasteiger partial charge in [-0.1, -0.05) is 30.3 Å². The Balaban J connectivity index is 2.15. The zero-order valence-electron chi connectivity index (χ0n) is 10.7. The molecule has 0 saturated carbocycles. The van der Waals surface area contributed by atoms with Crippen molar-refractivity contribution < 1.29 is 9.59 Å². The van der Waals surface area contributed by atoms with Crippen LogP contribution in [0, 0.1) is 0 Å². The minimum absolute atomic E-state index is 0.0165. The van der Waals surface area contributed by atoms with Crippen LogP contribution in [0.25, 0.3) is 0 Å². The third-order valence-electron chi connectivity index (χ3n) is 3.41. The predicted molar refractivity (Wildman–Crippen MR) is 68.9 cm³/mol. The Morgan fingerprint density at radius 3 is 2.61 bits per heavy atom. The average molecular weight is 246 g/mol. The molecule has 96 valence electrons. The Kier molecular flexibility index (Phi) is 3.65. The van der Waals surface area contributed by atoms with Crippen molar-refractivity contribution in [3.63, 3.8) is 0 Å². The Bertz CT molecular complexity index is 444. The highest BCUT2D eigenvalue weighted by Gasteiger charge is 2.31. The molecule has 0 aromatic heterocycles. The maximum atomic E-state index is 12.2. The standard InChI is InChI=1S/C14H18N2O2/c1-10-8-13(17)15-12(14(18)16(10)2)9-11-6-4-3-5-7-11/h3-7,10,12H,8-9H2,1-2H3,(H,15,17). The molecule has 1 aromatic carbocycles. The molecule has 2 amide bonds. The van der Waals surface area contributed by atoms with Crippen LogP contribution in [0.5, 0.6) is 0 Å². The van der Waals surface area contributed by atoms with Gasteiger partial charge >= 0.3 is 0 Å². The molecular formula is C14H18N2O2. The molecule has 1 aliphatic rings. The molecular weight excluding hydrogens is 228 g/mol. The van der Waals surface area contributed by atoms with Crippen molar-refractivity contribution in [2.75, 3.05) is 7.05 Å². The fourth-order valence-electron chi connectivity index (χ4n) is 2.17. The molecule has 2 rings (SSSR count). The largest absolute Gasteiger partial charge is 0.344 e. The number of likely N-dealkylation sites (N-methyl/N-ethyl adjacent to an activating group) is 1. The molecule has 0 radical (unpaired) electrons. The molecule has 1 aromatic rings. The molecule has 1 aliphatic heterocycles. The van der Waals surface area contributed by atoms with E-state index in [2.05, 4.69) is 5.32 Å². The SMILES string of the molecule is CC1CC(=O)NC(Cc2ccccc2)C(=O)N1C. The molecule has 0 aliphatic carbocycles. The molecule has 4 nitrogen and oxygen atoms in total. The second-order valence-electron chi connectivity index (χ2n) is 4.81. The van der Waals surface area contributed by atoms with Gasteiger partial charge in [-0.2, -0.15) is 0 Å². The summed E-state index contributed by atoms with van der Waals surface area (Å²) in [5.41, 5.74) is 1.05. The van der Waals surface area contributed by atoms with Gasteiger partial charge in [-0.15, -0.1) is 0 Å². The summed E-state index contributed by atoms with van der Waals surface area (Å²) in [6.07, 6.45) is 0.913. The maximum absolute atomic E-state index is 12.2. The summed E-state index contributed by atoms with van der Waals surface area (Å²) in [7, 11) is 1.76. The number of rotatable bonds is 2. The molecule has 1 N–H and O–H groups in total. The van der Waals surface area contributed by atoms with E-state index in [0.29, 0.717) is 12.8 Å². The smallest absolute Gasteiger partial charge is 0.245 e. The molecule has 18 heavy (non-hydrogen) atoms. The van der Waals surface area contributed by atoms with Crippen molar-refractivity contribution in [3.05, 3.63) is 35.9 Å². The molecule has 2 unspecified atom stereocenters. The molecule has 4 heteroatoms. The van der Waals surface area contributed by atoms with Crippen molar-refractivity contribution in [1.29, 1.82) is 0 Å². The summed E-state index contributed by atoms with van der Waals surface area (Å²) < 4.78 is 0. The van der Waals surface area contributed by atoms with Gasteiger partial charge in [-0.05, 0) is 12.5 Å². The van der Waals surface area contributed by atoms with E-state index in [0.717, 1.165) is 5.56 Å². The van der Waals surface area contributed by atoms with Gasteiger partial charge in [0.2, 0.25) is 11.8 Å². The van der Waals surface area contributed by atoms with E-state index < -0.39 is 6.04 Å². The number of carbonyl (C=O) groups excluding carboxylic acids is 2. The minimum Gasteiger partial charge on any atom is -0.344 e.